The SMILES string of the molecule is NCCCCC(N)C(=O)NC(CCC(=O)O)C(=O)NC(Cc1ccccc1)C(=O)NC(CCC(N)=O)C(=O)O. The van der Waals surface area contributed by atoms with Gasteiger partial charge in [-0.15, -0.1) is 0 Å². The minimum Gasteiger partial charge on any atom is -0.481 e. The Bertz CT molecular complexity index is 990. The Balaban J connectivity index is 3.10. The van der Waals surface area contributed by atoms with Crippen molar-refractivity contribution in [2.75, 3.05) is 6.54 Å². The summed E-state index contributed by atoms with van der Waals surface area (Å²) in [4.78, 5) is 72.7. The summed E-state index contributed by atoms with van der Waals surface area (Å²) in [7, 11) is 0. The predicted octanol–water partition coefficient (Wildman–Crippen LogP) is -1.65. The molecule has 1 aromatic carbocycles. The van der Waals surface area contributed by atoms with Crippen molar-refractivity contribution in [2.45, 2.75) is 75.5 Å². The van der Waals surface area contributed by atoms with Gasteiger partial charge in [0, 0.05) is 19.3 Å². The molecule has 39 heavy (non-hydrogen) atoms. The van der Waals surface area contributed by atoms with Gasteiger partial charge in [0.1, 0.15) is 18.1 Å². The summed E-state index contributed by atoms with van der Waals surface area (Å²) < 4.78 is 0. The number of aliphatic carboxylic acids is 2. The van der Waals surface area contributed by atoms with Crippen LogP contribution in [0.5, 0.6) is 0 Å². The topological polar surface area (TPSA) is 257 Å². The quantitative estimate of drug-likeness (QED) is 0.0910. The molecule has 0 aliphatic carbocycles. The van der Waals surface area contributed by atoms with E-state index in [0.29, 0.717) is 31.4 Å². The van der Waals surface area contributed by atoms with E-state index in [4.69, 9.17) is 22.3 Å². The highest BCUT2D eigenvalue weighted by Gasteiger charge is 2.31. The fourth-order valence-electron chi connectivity index (χ4n) is 3.60. The van der Waals surface area contributed by atoms with Crippen LogP contribution in [0.15, 0.2) is 30.3 Å². The van der Waals surface area contributed by atoms with E-state index in [-0.39, 0.29) is 25.7 Å². The minimum absolute atomic E-state index is 0.0429. The largest absolute Gasteiger partial charge is 0.481 e. The second kappa shape index (κ2) is 17.5. The normalized spacial score (nSPS) is 13.8. The van der Waals surface area contributed by atoms with Crippen LogP contribution in [0, 0.1) is 0 Å². The van der Waals surface area contributed by atoms with Crippen molar-refractivity contribution >= 4 is 35.6 Å². The third-order valence-corrected chi connectivity index (χ3v) is 5.80. The van der Waals surface area contributed by atoms with Crippen molar-refractivity contribution in [3.63, 3.8) is 0 Å². The van der Waals surface area contributed by atoms with Crippen LogP contribution in [0.3, 0.4) is 0 Å². The van der Waals surface area contributed by atoms with Crippen LogP contribution in [-0.4, -0.2) is 76.5 Å². The van der Waals surface area contributed by atoms with Gasteiger partial charge in [0.25, 0.3) is 0 Å². The molecule has 11 N–H and O–H groups in total. The number of rotatable bonds is 19. The molecule has 4 atom stereocenters. The lowest BCUT2D eigenvalue weighted by Gasteiger charge is -2.25. The molecule has 0 saturated heterocycles. The number of hydrogen-bond donors (Lipinski definition) is 8. The molecule has 14 nitrogen and oxygen atoms in total. The monoisotopic (exact) mass is 550 g/mol. The number of carbonyl (C=O) groups is 6. The molecule has 14 heteroatoms. The summed E-state index contributed by atoms with van der Waals surface area (Å²) in [5.74, 6) is -5.72. The Kier molecular flexibility index (Phi) is 14.8. The lowest BCUT2D eigenvalue weighted by atomic mass is 10.0. The summed E-state index contributed by atoms with van der Waals surface area (Å²) in [5.41, 5.74) is 17.1. The Labute approximate surface area is 226 Å². The van der Waals surface area contributed by atoms with Gasteiger partial charge in [-0.05, 0) is 37.8 Å². The van der Waals surface area contributed by atoms with Crippen LogP contribution in [0.25, 0.3) is 0 Å². The number of carboxylic acid groups (broad SMARTS) is 2. The lowest BCUT2D eigenvalue weighted by Crippen LogP contribution is -2.57. The van der Waals surface area contributed by atoms with E-state index >= 15 is 0 Å². The highest BCUT2D eigenvalue weighted by Crippen LogP contribution is 2.08. The summed E-state index contributed by atoms with van der Waals surface area (Å²) in [5, 5.41) is 25.8. The van der Waals surface area contributed by atoms with Gasteiger partial charge in [-0.2, -0.15) is 0 Å². The van der Waals surface area contributed by atoms with Crippen molar-refractivity contribution in [1.82, 2.24) is 16.0 Å². The molecule has 0 radical (unpaired) electrons. The van der Waals surface area contributed by atoms with Crippen LogP contribution in [-0.2, 0) is 35.2 Å². The molecule has 4 unspecified atom stereocenters. The molecule has 0 fully saturated rings. The minimum atomic E-state index is -1.45. The van der Waals surface area contributed by atoms with Gasteiger partial charge in [-0.25, -0.2) is 4.79 Å². The molecule has 1 rings (SSSR count). The maximum Gasteiger partial charge on any atom is 0.326 e. The third kappa shape index (κ3) is 13.4. The van der Waals surface area contributed by atoms with E-state index < -0.39 is 66.2 Å². The van der Waals surface area contributed by atoms with E-state index in [0.717, 1.165) is 0 Å². The smallest absolute Gasteiger partial charge is 0.326 e. The van der Waals surface area contributed by atoms with E-state index in [2.05, 4.69) is 16.0 Å². The maximum atomic E-state index is 13.2. The molecule has 216 valence electrons. The zero-order valence-electron chi connectivity index (χ0n) is 21.6. The van der Waals surface area contributed by atoms with Crippen LogP contribution >= 0.6 is 0 Å². The summed E-state index contributed by atoms with van der Waals surface area (Å²) in [6, 6.07) is 3.52. The first-order valence-corrected chi connectivity index (χ1v) is 12.6. The van der Waals surface area contributed by atoms with Crippen molar-refractivity contribution < 1.29 is 39.0 Å². The fourth-order valence-corrected chi connectivity index (χ4v) is 3.60. The molecular formula is C25H38N6O8. The number of benzene rings is 1. The Morgan fingerprint density at radius 2 is 1.31 bits per heavy atom. The van der Waals surface area contributed by atoms with Gasteiger partial charge in [-0.1, -0.05) is 36.8 Å². The average Bonchev–Trinajstić information content (AvgIpc) is 2.88. The zero-order valence-corrected chi connectivity index (χ0v) is 21.6. The second-order valence-electron chi connectivity index (χ2n) is 9.04. The van der Waals surface area contributed by atoms with Gasteiger partial charge in [0.2, 0.25) is 23.6 Å². The summed E-state index contributed by atoms with van der Waals surface area (Å²) >= 11 is 0. The number of hydrogen-bond acceptors (Lipinski definition) is 8. The molecule has 0 aliphatic rings. The molecule has 0 aliphatic heterocycles. The standard InChI is InChI=1S/C25H38N6O8/c26-13-5-4-8-16(27)22(35)29-17(10-12-21(33)34)23(36)31-19(14-15-6-2-1-3-7-15)24(37)30-18(25(38)39)9-11-20(28)32/h1-3,6-7,16-19H,4-5,8-14,26-27H2,(H2,28,32)(H,29,35)(H,30,37)(H,31,36)(H,33,34)(H,38,39). The number of nitrogens with two attached hydrogens (primary N) is 3. The van der Waals surface area contributed by atoms with E-state index in [9.17, 15) is 33.9 Å². The number of primary amides is 1. The molecule has 0 spiro atoms. The number of unbranched alkanes of at least 4 members (excludes halogenated alkanes) is 1. The first kappa shape index (κ1) is 33.0. The van der Waals surface area contributed by atoms with Gasteiger partial charge in [0.15, 0.2) is 0 Å². The number of carboxylic acids is 2. The summed E-state index contributed by atoms with van der Waals surface area (Å²) in [6.07, 6.45) is 0.205. The molecule has 0 heterocycles. The molecular weight excluding hydrogens is 512 g/mol. The fraction of sp³-hybridized carbons (Fsp3) is 0.520. The summed E-state index contributed by atoms with van der Waals surface area (Å²) in [6.45, 7) is 0.425. The van der Waals surface area contributed by atoms with E-state index in [1.54, 1.807) is 30.3 Å². The van der Waals surface area contributed by atoms with Crippen LogP contribution < -0.4 is 33.2 Å². The molecule has 0 saturated carbocycles. The maximum absolute atomic E-state index is 13.2. The Morgan fingerprint density at radius 3 is 1.87 bits per heavy atom. The lowest BCUT2D eigenvalue weighted by molar-refractivity contribution is -0.142. The number of carbonyl (C=O) groups excluding carboxylic acids is 4. The second-order valence-corrected chi connectivity index (χ2v) is 9.04. The van der Waals surface area contributed by atoms with Crippen molar-refractivity contribution in [3.05, 3.63) is 35.9 Å². The van der Waals surface area contributed by atoms with Crippen LogP contribution in [0.2, 0.25) is 0 Å². The van der Waals surface area contributed by atoms with Crippen LogP contribution in [0.4, 0.5) is 0 Å². The van der Waals surface area contributed by atoms with Crippen molar-refractivity contribution in [3.8, 4) is 0 Å². The zero-order chi connectivity index (χ0) is 29.4. The van der Waals surface area contributed by atoms with E-state index in [1.165, 1.54) is 0 Å². The van der Waals surface area contributed by atoms with Gasteiger partial charge in [-0.3, -0.25) is 24.0 Å². The highest BCUT2D eigenvalue weighted by molar-refractivity contribution is 5.94. The first-order chi connectivity index (χ1) is 18.4. The predicted molar refractivity (Wildman–Crippen MR) is 140 cm³/mol. The molecule has 0 bridgehead atoms. The molecule has 4 amide bonds. The van der Waals surface area contributed by atoms with Gasteiger partial charge >= 0.3 is 11.9 Å². The number of amides is 4. The third-order valence-electron chi connectivity index (χ3n) is 5.80. The van der Waals surface area contributed by atoms with Crippen molar-refractivity contribution in [2.24, 2.45) is 17.2 Å². The molecule has 1 aromatic rings. The highest BCUT2D eigenvalue weighted by atomic mass is 16.4. The Morgan fingerprint density at radius 1 is 0.744 bits per heavy atom. The Hall–Kier alpha value is -4.04. The number of nitrogens with one attached hydrogen (secondary N) is 3. The first-order valence-electron chi connectivity index (χ1n) is 12.6. The van der Waals surface area contributed by atoms with Gasteiger partial charge in [0.05, 0.1) is 6.04 Å². The van der Waals surface area contributed by atoms with Crippen molar-refractivity contribution in [1.29, 1.82) is 0 Å². The molecule has 0 aromatic heterocycles. The average molecular weight is 551 g/mol. The van der Waals surface area contributed by atoms with Crippen LogP contribution in [0.1, 0.15) is 50.5 Å². The van der Waals surface area contributed by atoms with E-state index in [1.807, 2.05) is 0 Å². The van der Waals surface area contributed by atoms with Gasteiger partial charge < -0.3 is 43.4 Å².